The van der Waals surface area contributed by atoms with E-state index in [0.717, 1.165) is 41.6 Å². The first-order valence-electron chi connectivity index (χ1n) is 11.2. The molecule has 5 atom stereocenters. The molecular weight excluding hydrogens is 388 g/mol. The average Bonchev–Trinajstić information content (AvgIpc) is 3.44. The van der Waals surface area contributed by atoms with E-state index in [2.05, 4.69) is 5.32 Å². The summed E-state index contributed by atoms with van der Waals surface area (Å²) in [5, 5.41) is 3.01. The van der Waals surface area contributed by atoms with E-state index >= 15 is 0 Å². The summed E-state index contributed by atoms with van der Waals surface area (Å²) in [6, 6.07) is 14.7. The van der Waals surface area contributed by atoms with Crippen LogP contribution < -0.4 is 5.32 Å². The fourth-order valence-corrected chi connectivity index (χ4v) is 5.96. The van der Waals surface area contributed by atoms with Crippen molar-refractivity contribution in [3.63, 3.8) is 0 Å². The number of benzene rings is 2. The molecule has 2 saturated carbocycles. The van der Waals surface area contributed by atoms with E-state index in [1.807, 2.05) is 62.4 Å². The first kappa shape index (κ1) is 20.0. The van der Waals surface area contributed by atoms with Gasteiger partial charge in [0.15, 0.2) is 0 Å². The normalized spacial score (nSPS) is 27.5. The van der Waals surface area contributed by atoms with Crippen LogP contribution >= 0.6 is 0 Å². The highest BCUT2D eigenvalue weighted by Crippen LogP contribution is 2.56. The Morgan fingerprint density at radius 1 is 1.00 bits per heavy atom. The van der Waals surface area contributed by atoms with Crippen LogP contribution in [0.25, 0.3) is 0 Å². The maximum absolute atomic E-state index is 13.5. The molecule has 1 heterocycles. The van der Waals surface area contributed by atoms with Gasteiger partial charge in [0.05, 0.1) is 11.8 Å². The van der Waals surface area contributed by atoms with Crippen LogP contribution in [0.2, 0.25) is 0 Å². The lowest BCUT2D eigenvalue weighted by molar-refractivity contribution is -0.147. The fourth-order valence-electron chi connectivity index (χ4n) is 5.96. The third kappa shape index (κ3) is 3.36. The molecule has 5 rings (SSSR count). The number of rotatable bonds is 5. The molecular formula is C26H28N2O3. The molecule has 160 valence electrons. The smallest absolute Gasteiger partial charge is 0.248 e. The Bertz CT molecular complexity index is 1020. The first-order valence-corrected chi connectivity index (χ1v) is 11.2. The molecule has 0 spiro atoms. The Labute approximate surface area is 182 Å². The molecule has 1 N–H and O–H groups in total. The number of likely N-dealkylation sites (tertiary alicyclic amines) is 1. The molecule has 2 aliphatic carbocycles. The van der Waals surface area contributed by atoms with E-state index in [1.165, 1.54) is 4.90 Å². The molecule has 5 heteroatoms. The zero-order valence-electron chi connectivity index (χ0n) is 18.0. The highest BCUT2D eigenvalue weighted by molar-refractivity contribution is 6.10. The molecule has 0 aromatic heterocycles. The predicted octanol–water partition coefficient (Wildman–Crippen LogP) is 3.88. The van der Waals surface area contributed by atoms with Gasteiger partial charge in [0.2, 0.25) is 17.7 Å². The molecule has 0 unspecified atom stereocenters. The minimum atomic E-state index is -0.840. The summed E-state index contributed by atoms with van der Waals surface area (Å²) in [5.41, 5.74) is 3.65. The quantitative estimate of drug-likeness (QED) is 0.752. The summed E-state index contributed by atoms with van der Waals surface area (Å²) in [6.07, 6.45) is 3.36. The van der Waals surface area contributed by atoms with E-state index in [4.69, 9.17) is 0 Å². The number of carbonyl (C=O) groups is 3. The van der Waals surface area contributed by atoms with Crippen LogP contribution in [0.1, 0.15) is 36.0 Å². The van der Waals surface area contributed by atoms with Gasteiger partial charge < -0.3 is 5.32 Å². The van der Waals surface area contributed by atoms with E-state index < -0.39 is 6.04 Å². The van der Waals surface area contributed by atoms with Gasteiger partial charge in [-0.2, -0.15) is 0 Å². The second kappa shape index (κ2) is 7.63. The highest BCUT2D eigenvalue weighted by atomic mass is 16.2. The van der Waals surface area contributed by atoms with Crippen LogP contribution in [0, 0.1) is 37.5 Å². The molecule has 3 amide bonds. The van der Waals surface area contributed by atoms with Gasteiger partial charge in [-0.3, -0.25) is 19.3 Å². The van der Waals surface area contributed by atoms with Crippen LogP contribution in [0.3, 0.4) is 0 Å². The Morgan fingerprint density at radius 2 is 1.65 bits per heavy atom. The molecule has 3 fully saturated rings. The van der Waals surface area contributed by atoms with Gasteiger partial charge in [-0.05, 0) is 67.7 Å². The zero-order chi connectivity index (χ0) is 21.7. The van der Waals surface area contributed by atoms with Gasteiger partial charge in [0.1, 0.15) is 6.04 Å². The van der Waals surface area contributed by atoms with E-state index in [0.29, 0.717) is 18.3 Å². The largest absolute Gasteiger partial charge is 0.324 e. The van der Waals surface area contributed by atoms with Crippen LogP contribution in [0.15, 0.2) is 48.5 Å². The van der Waals surface area contributed by atoms with Crippen molar-refractivity contribution < 1.29 is 14.4 Å². The molecule has 2 aromatic rings. The Balaban J connectivity index is 1.47. The van der Waals surface area contributed by atoms with Crippen LogP contribution in [0.5, 0.6) is 0 Å². The third-order valence-corrected chi connectivity index (χ3v) is 7.50. The summed E-state index contributed by atoms with van der Waals surface area (Å²) in [6.45, 7) is 3.91. The van der Waals surface area contributed by atoms with Crippen molar-refractivity contribution in [3.05, 3.63) is 65.2 Å². The Morgan fingerprint density at radius 3 is 2.29 bits per heavy atom. The number of amides is 3. The number of hydrogen-bond acceptors (Lipinski definition) is 3. The Kier molecular flexibility index (Phi) is 4.92. The van der Waals surface area contributed by atoms with Crippen molar-refractivity contribution >= 4 is 23.4 Å². The maximum atomic E-state index is 13.5. The summed E-state index contributed by atoms with van der Waals surface area (Å²) in [5.74, 6) is -0.423. The van der Waals surface area contributed by atoms with Crippen molar-refractivity contribution in [2.45, 2.75) is 45.6 Å². The number of anilines is 1. The molecule has 2 bridgehead atoms. The van der Waals surface area contributed by atoms with Gasteiger partial charge in [-0.25, -0.2) is 0 Å². The molecule has 2 aromatic carbocycles. The lowest BCUT2D eigenvalue weighted by atomic mass is 9.81. The molecule has 5 nitrogen and oxygen atoms in total. The second-order valence-electron chi connectivity index (χ2n) is 9.44. The number of nitrogens with one attached hydrogen (secondary N) is 1. The number of carbonyl (C=O) groups excluding carboxylic acids is 3. The minimum Gasteiger partial charge on any atom is -0.324 e. The number of nitrogens with zero attached hydrogens (tertiary/aromatic N) is 1. The third-order valence-electron chi connectivity index (χ3n) is 7.50. The number of hydrogen-bond donors (Lipinski definition) is 1. The summed E-state index contributed by atoms with van der Waals surface area (Å²) in [4.78, 5) is 41.7. The Hall–Kier alpha value is -2.95. The van der Waals surface area contributed by atoms with Crippen molar-refractivity contribution in [1.29, 1.82) is 0 Å². The van der Waals surface area contributed by atoms with Gasteiger partial charge in [0, 0.05) is 12.1 Å². The van der Waals surface area contributed by atoms with E-state index in [-0.39, 0.29) is 29.6 Å². The molecule has 1 aliphatic heterocycles. The number of imide groups is 1. The zero-order valence-corrected chi connectivity index (χ0v) is 18.0. The summed E-state index contributed by atoms with van der Waals surface area (Å²) >= 11 is 0. The molecule has 31 heavy (non-hydrogen) atoms. The van der Waals surface area contributed by atoms with Gasteiger partial charge in [-0.1, -0.05) is 42.5 Å². The SMILES string of the molecule is Cc1ccc(C)c(NC(=O)[C@H](Cc2ccccc2)N2C(=O)[C@H]3[C@H]4CC[C@@H](C4)[C@@H]3C2=O)c1. The molecule has 3 aliphatic rings. The lowest BCUT2D eigenvalue weighted by Crippen LogP contribution is -2.49. The predicted molar refractivity (Wildman–Crippen MR) is 118 cm³/mol. The average molecular weight is 417 g/mol. The van der Waals surface area contributed by atoms with E-state index in [1.54, 1.807) is 0 Å². The number of aryl methyl sites for hydroxylation is 2. The maximum Gasteiger partial charge on any atom is 0.248 e. The lowest BCUT2D eigenvalue weighted by Gasteiger charge is -2.27. The highest BCUT2D eigenvalue weighted by Gasteiger charge is 2.62. The van der Waals surface area contributed by atoms with Gasteiger partial charge in [0.25, 0.3) is 0 Å². The van der Waals surface area contributed by atoms with Gasteiger partial charge >= 0.3 is 0 Å². The van der Waals surface area contributed by atoms with Crippen LogP contribution in [-0.2, 0) is 20.8 Å². The summed E-state index contributed by atoms with van der Waals surface area (Å²) in [7, 11) is 0. The minimum absolute atomic E-state index is 0.140. The van der Waals surface area contributed by atoms with Crippen molar-refractivity contribution in [1.82, 2.24) is 4.90 Å². The first-order chi connectivity index (χ1) is 14.9. The van der Waals surface area contributed by atoms with Crippen molar-refractivity contribution in [2.75, 3.05) is 5.32 Å². The van der Waals surface area contributed by atoms with E-state index in [9.17, 15) is 14.4 Å². The van der Waals surface area contributed by atoms with Gasteiger partial charge in [-0.15, -0.1) is 0 Å². The molecule has 1 saturated heterocycles. The standard InChI is InChI=1S/C26H28N2O3/c1-15-8-9-16(2)20(12-15)27-24(29)21(13-17-6-4-3-5-7-17)28-25(30)22-18-10-11-19(14-18)23(22)26(28)31/h3-9,12,18-19,21-23H,10-11,13-14H2,1-2H3,(H,27,29)/t18-,19-,21-,22-,23-/m0/s1. The van der Waals surface area contributed by atoms with Crippen LogP contribution in [0.4, 0.5) is 5.69 Å². The van der Waals surface area contributed by atoms with Crippen molar-refractivity contribution in [2.24, 2.45) is 23.7 Å². The van der Waals surface area contributed by atoms with Crippen LogP contribution in [-0.4, -0.2) is 28.7 Å². The molecule has 0 radical (unpaired) electrons. The number of fused-ring (bicyclic) bond motifs is 5. The topological polar surface area (TPSA) is 66.5 Å². The summed E-state index contributed by atoms with van der Waals surface area (Å²) < 4.78 is 0. The second-order valence-corrected chi connectivity index (χ2v) is 9.44. The van der Waals surface area contributed by atoms with Crippen molar-refractivity contribution in [3.8, 4) is 0 Å². The fraction of sp³-hybridized carbons (Fsp3) is 0.423. The monoisotopic (exact) mass is 416 g/mol.